The Kier molecular flexibility index (Phi) is 5.98. The highest BCUT2D eigenvalue weighted by molar-refractivity contribution is 7.89. The van der Waals surface area contributed by atoms with Gasteiger partial charge >= 0.3 is 0 Å². The molecule has 33 heavy (non-hydrogen) atoms. The molecule has 1 aromatic carbocycles. The summed E-state index contributed by atoms with van der Waals surface area (Å²) in [4.78, 5) is 29.9. The molecule has 2 aliphatic heterocycles. The van der Waals surface area contributed by atoms with Crippen LogP contribution < -0.4 is 4.90 Å². The van der Waals surface area contributed by atoms with Gasteiger partial charge in [-0.05, 0) is 37.1 Å². The Morgan fingerprint density at radius 2 is 1.67 bits per heavy atom. The molecule has 4 heterocycles. The van der Waals surface area contributed by atoms with E-state index < -0.39 is 10.0 Å². The summed E-state index contributed by atoms with van der Waals surface area (Å²) in [6.45, 7) is 4.33. The topological polar surface area (TPSA) is 105 Å². The van der Waals surface area contributed by atoms with E-state index in [1.54, 1.807) is 43.0 Å². The number of imidazole rings is 1. The molecule has 5 rings (SSSR count). The summed E-state index contributed by atoms with van der Waals surface area (Å²) in [6.07, 6.45) is 7.29. The zero-order chi connectivity index (χ0) is 22.8. The van der Waals surface area contributed by atoms with E-state index in [1.807, 2.05) is 9.47 Å². The fraction of sp³-hybridized carbons (Fsp3) is 0.455. The predicted molar refractivity (Wildman–Crippen MR) is 123 cm³/mol. The van der Waals surface area contributed by atoms with Crippen molar-refractivity contribution in [2.75, 3.05) is 44.2 Å². The average molecular weight is 470 g/mol. The van der Waals surface area contributed by atoms with E-state index in [2.05, 4.69) is 19.9 Å². The molecule has 174 valence electrons. The summed E-state index contributed by atoms with van der Waals surface area (Å²) in [5, 5.41) is 0. The van der Waals surface area contributed by atoms with Crippen LogP contribution in [0.5, 0.6) is 0 Å². The van der Waals surface area contributed by atoms with Gasteiger partial charge in [0, 0.05) is 64.6 Å². The van der Waals surface area contributed by atoms with Crippen molar-refractivity contribution in [3.8, 4) is 0 Å². The Hall–Kier alpha value is -3.05. The second-order valence-electron chi connectivity index (χ2n) is 8.37. The van der Waals surface area contributed by atoms with Crippen molar-refractivity contribution >= 4 is 32.9 Å². The van der Waals surface area contributed by atoms with Crippen LogP contribution in [-0.4, -0.2) is 82.3 Å². The second-order valence-corrected chi connectivity index (χ2v) is 10.3. The third-order valence-corrected chi connectivity index (χ3v) is 8.22. The summed E-state index contributed by atoms with van der Waals surface area (Å²) in [5.41, 5.74) is 1.45. The highest BCUT2D eigenvalue weighted by Crippen LogP contribution is 2.24. The Morgan fingerprint density at radius 1 is 0.939 bits per heavy atom. The number of piperazine rings is 1. The number of hydrogen-bond acceptors (Lipinski definition) is 7. The van der Waals surface area contributed by atoms with Gasteiger partial charge in [-0.2, -0.15) is 4.31 Å². The SMILES string of the molecule is O=C(CCn1cnc2cc(S(=O)(=O)N3CCCC3)ccc21)N1CCN(c2ncccn2)CC1. The van der Waals surface area contributed by atoms with E-state index in [0.717, 1.165) is 18.4 Å². The number of amides is 1. The number of aryl methyl sites for hydroxylation is 1. The molecule has 1 amide bonds. The maximum Gasteiger partial charge on any atom is 0.243 e. The van der Waals surface area contributed by atoms with Gasteiger partial charge in [0.2, 0.25) is 21.9 Å². The van der Waals surface area contributed by atoms with E-state index in [0.29, 0.717) is 63.7 Å². The van der Waals surface area contributed by atoms with Crippen LogP contribution >= 0.6 is 0 Å². The van der Waals surface area contributed by atoms with Crippen molar-refractivity contribution in [2.24, 2.45) is 0 Å². The number of benzene rings is 1. The molecular weight excluding hydrogens is 442 g/mol. The lowest BCUT2D eigenvalue weighted by Gasteiger charge is -2.34. The monoisotopic (exact) mass is 469 g/mol. The van der Waals surface area contributed by atoms with Crippen molar-refractivity contribution in [3.63, 3.8) is 0 Å². The Labute approximate surface area is 192 Å². The van der Waals surface area contributed by atoms with E-state index in [-0.39, 0.29) is 10.8 Å². The predicted octanol–water partition coefficient (Wildman–Crippen LogP) is 1.35. The third-order valence-electron chi connectivity index (χ3n) is 6.33. The normalized spacial score (nSPS) is 17.7. The van der Waals surface area contributed by atoms with Gasteiger partial charge in [-0.15, -0.1) is 0 Å². The van der Waals surface area contributed by atoms with E-state index in [4.69, 9.17) is 0 Å². The molecule has 0 unspecified atom stereocenters. The van der Waals surface area contributed by atoms with Crippen LogP contribution in [0.1, 0.15) is 19.3 Å². The number of rotatable bonds is 6. The molecule has 0 N–H and O–H groups in total. The van der Waals surface area contributed by atoms with Gasteiger partial charge in [-0.3, -0.25) is 4.79 Å². The van der Waals surface area contributed by atoms with Gasteiger partial charge in [0.1, 0.15) is 0 Å². The van der Waals surface area contributed by atoms with Crippen molar-refractivity contribution in [1.29, 1.82) is 0 Å². The van der Waals surface area contributed by atoms with Gasteiger partial charge in [0.05, 0.1) is 22.3 Å². The maximum absolute atomic E-state index is 12.8. The number of carbonyl (C=O) groups is 1. The van der Waals surface area contributed by atoms with Crippen LogP contribution in [-0.2, 0) is 21.4 Å². The van der Waals surface area contributed by atoms with Gasteiger partial charge in [-0.1, -0.05) is 0 Å². The van der Waals surface area contributed by atoms with Crippen molar-refractivity contribution < 1.29 is 13.2 Å². The third kappa shape index (κ3) is 4.42. The number of hydrogen-bond donors (Lipinski definition) is 0. The zero-order valence-corrected chi connectivity index (χ0v) is 19.2. The Morgan fingerprint density at radius 3 is 2.39 bits per heavy atom. The zero-order valence-electron chi connectivity index (χ0n) is 18.4. The molecule has 2 fully saturated rings. The summed E-state index contributed by atoms with van der Waals surface area (Å²) < 4.78 is 29.1. The Bertz CT molecular complexity index is 1230. The summed E-state index contributed by atoms with van der Waals surface area (Å²) in [6, 6.07) is 6.85. The Balaban J connectivity index is 1.20. The molecule has 0 radical (unpaired) electrons. The lowest BCUT2D eigenvalue weighted by atomic mass is 10.2. The lowest BCUT2D eigenvalue weighted by molar-refractivity contribution is -0.131. The molecule has 0 saturated carbocycles. The van der Waals surface area contributed by atoms with Crippen LogP contribution in [0.25, 0.3) is 11.0 Å². The molecule has 0 atom stereocenters. The van der Waals surface area contributed by atoms with Crippen LogP contribution in [0.2, 0.25) is 0 Å². The van der Waals surface area contributed by atoms with Gasteiger partial charge in [0.15, 0.2) is 0 Å². The smallest absolute Gasteiger partial charge is 0.243 e. The number of carbonyl (C=O) groups excluding carboxylic acids is 1. The molecule has 11 heteroatoms. The minimum Gasteiger partial charge on any atom is -0.339 e. The molecule has 0 spiro atoms. The first-order valence-electron chi connectivity index (χ1n) is 11.3. The van der Waals surface area contributed by atoms with Crippen LogP contribution in [0.3, 0.4) is 0 Å². The average Bonchev–Trinajstić information content (AvgIpc) is 3.54. The molecule has 2 saturated heterocycles. The number of sulfonamides is 1. The second kappa shape index (κ2) is 9.06. The highest BCUT2D eigenvalue weighted by Gasteiger charge is 2.28. The van der Waals surface area contributed by atoms with Crippen LogP contribution in [0, 0.1) is 0 Å². The summed E-state index contributed by atoms with van der Waals surface area (Å²) in [5.74, 6) is 0.791. The minimum atomic E-state index is -3.48. The molecule has 10 nitrogen and oxygen atoms in total. The van der Waals surface area contributed by atoms with Crippen LogP contribution in [0.4, 0.5) is 5.95 Å². The molecular formula is C22H27N7O3S. The quantitative estimate of drug-likeness (QED) is 0.537. The van der Waals surface area contributed by atoms with Crippen LogP contribution in [0.15, 0.2) is 47.9 Å². The molecule has 0 bridgehead atoms. The van der Waals surface area contributed by atoms with Crippen molar-refractivity contribution in [2.45, 2.75) is 30.7 Å². The molecule has 3 aromatic rings. The largest absolute Gasteiger partial charge is 0.339 e. The number of aromatic nitrogens is 4. The first-order valence-corrected chi connectivity index (χ1v) is 12.7. The molecule has 2 aliphatic rings. The fourth-order valence-corrected chi connectivity index (χ4v) is 5.98. The first kappa shape index (κ1) is 21.8. The van der Waals surface area contributed by atoms with Gasteiger partial charge in [-0.25, -0.2) is 23.4 Å². The number of nitrogens with zero attached hydrogens (tertiary/aromatic N) is 7. The number of fused-ring (bicyclic) bond motifs is 1. The van der Waals surface area contributed by atoms with Crippen molar-refractivity contribution in [3.05, 3.63) is 43.0 Å². The minimum absolute atomic E-state index is 0.0960. The van der Waals surface area contributed by atoms with E-state index >= 15 is 0 Å². The lowest BCUT2D eigenvalue weighted by Crippen LogP contribution is -2.49. The first-order chi connectivity index (χ1) is 16.0. The van der Waals surface area contributed by atoms with E-state index in [9.17, 15) is 13.2 Å². The number of anilines is 1. The standard InChI is InChI=1S/C22H27N7O3S/c30-21(26-12-14-27(15-13-26)22-23-7-3-8-24-22)6-11-28-17-25-19-16-18(4-5-20(19)28)33(31,32)29-9-1-2-10-29/h3-5,7-8,16-17H,1-2,6,9-15H2. The summed E-state index contributed by atoms with van der Waals surface area (Å²) in [7, 11) is -3.48. The summed E-state index contributed by atoms with van der Waals surface area (Å²) >= 11 is 0. The molecule has 0 aliphatic carbocycles. The van der Waals surface area contributed by atoms with E-state index in [1.165, 1.54) is 4.31 Å². The maximum atomic E-state index is 12.8. The molecule has 2 aromatic heterocycles. The van der Waals surface area contributed by atoms with Gasteiger partial charge in [0.25, 0.3) is 0 Å². The highest BCUT2D eigenvalue weighted by atomic mass is 32.2. The fourth-order valence-electron chi connectivity index (χ4n) is 4.44. The van der Waals surface area contributed by atoms with Gasteiger partial charge < -0.3 is 14.4 Å². The van der Waals surface area contributed by atoms with Crippen molar-refractivity contribution in [1.82, 2.24) is 28.7 Å².